The van der Waals surface area contributed by atoms with Crippen molar-refractivity contribution in [1.82, 2.24) is 4.98 Å². The number of fused-ring (bicyclic) bond motifs is 1. The molecular weight excluding hydrogens is 322 g/mol. The summed E-state index contributed by atoms with van der Waals surface area (Å²) in [7, 11) is 0. The first-order valence-electron chi connectivity index (χ1n) is 10.5. The Balaban J connectivity index is 1.42. The molecule has 1 saturated carbocycles. The van der Waals surface area contributed by atoms with E-state index < -0.39 is 0 Å². The molecule has 0 spiro atoms. The van der Waals surface area contributed by atoms with Crippen LogP contribution in [0.1, 0.15) is 69.9 Å². The van der Waals surface area contributed by atoms with Gasteiger partial charge in [0.15, 0.2) is 0 Å². The third kappa shape index (κ3) is 6.28. The molecule has 3 rings (SSSR count). The summed E-state index contributed by atoms with van der Waals surface area (Å²) in [5.74, 6) is 1.70. The summed E-state index contributed by atoms with van der Waals surface area (Å²) in [6, 6.07) is 10.6. The molecule has 3 nitrogen and oxygen atoms in total. The lowest BCUT2D eigenvalue weighted by molar-refractivity contribution is 0.282. The summed E-state index contributed by atoms with van der Waals surface area (Å²) < 4.78 is 6.02. The summed E-state index contributed by atoms with van der Waals surface area (Å²) >= 11 is 0. The van der Waals surface area contributed by atoms with Gasteiger partial charge in [0.25, 0.3) is 0 Å². The molecule has 0 atom stereocenters. The highest BCUT2D eigenvalue weighted by atomic mass is 16.5. The molecule has 2 aromatic rings. The molecule has 0 saturated heterocycles. The number of hydrogen-bond acceptors (Lipinski definition) is 3. The number of aliphatic hydroxyl groups is 1. The van der Waals surface area contributed by atoms with Gasteiger partial charge in [0.1, 0.15) is 11.3 Å². The van der Waals surface area contributed by atoms with Crippen LogP contribution in [0.3, 0.4) is 0 Å². The molecule has 1 aromatic heterocycles. The number of aliphatic hydroxyl groups excluding tert-OH is 1. The van der Waals surface area contributed by atoms with E-state index in [1.54, 1.807) is 0 Å². The Morgan fingerprint density at radius 2 is 1.62 bits per heavy atom. The molecule has 0 unspecified atom stereocenters. The minimum atomic E-state index is 0.339. The maximum atomic E-state index is 8.77. The lowest BCUT2D eigenvalue weighted by Crippen LogP contribution is -2.01. The zero-order valence-corrected chi connectivity index (χ0v) is 16.0. The predicted molar refractivity (Wildman–Crippen MR) is 108 cm³/mol. The Kier molecular flexibility index (Phi) is 7.75. The van der Waals surface area contributed by atoms with Crippen LogP contribution in [0.25, 0.3) is 10.9 Å². The molecule has 1 aliphatic carbocycles. The van der Waals surface area contributed by atoms with Crippen LogP contribution in [0.2, 0.25) is 0 Å². The fraction of sp³-hybridized carbons (Fsp3) is 0.609. The molecule has 0 bridgehead atoms. The van der Waals surface area contributed by atoms with E-state index in [9.17, 15) is 0 Å². The third-order valence-corrected chi connectivity index (χ3v) is 5.25. The Labute approximate surface area is 157 Å². The monoisotopic (exact) mass is 355 g/mol. The standard InChI is InChI=1S/C23H33NO2/c25-17-8-6-4-2-1-3-5-7-11-21-16-15-20-10-9-12-22(23(20)24-21)26-18-19-13-14-19/h9-10,12,15-16,19,25H,1-8,11,13-14,17-18H2. The van der Waals surface area contributed by atoms with E-state index >= 15 is 0 Å². The fourth-order valence-corrected chi connectivity index (χ4v) is 3.39. The summed E-state index contributed by atoms with van der Waals surface area (Å²) in [5.41, 5.74) is 2.21. The van der Waals surface area contributed by atoms with E-state index in [4.69, 9.17) is 14.8 Å². The molecule has 26 heavy (non-hydrogen) atoms. The second kappa shape index (κ2) is 10.5. The minimum absolute atomic E-state index is 0.339. The topological polar surface area (TPSA) is 42.4 Å². The number of nitrogens with zero attached hydrogens (tertiary/aromatic N) is 1. The quantitative estimate of drug-likeness (QED) is 0.470. The number of hydrogen-bond donors (Lipinski definition) is 1. The number of para-hydroxylation sites is 1. The average Bonchev–Trinajstić information content (AvgIpc) is 3.49. The van der Waals surface area contributed by atoms with Crippen LogP contribution in [0.5, 0.6) is 5.75 Å². The zero-order valence-electron chi connectivity index (χ0n) is 16.0. The Hall–Kier alpha value is -1.61. The zero-order chi connectivity index (χ0) is 18.0. The highest BCUT2D eigenvalue weighted by Gasteiger charge is 2.22. The van der Waals surface area contributed by atoms with E-state index in [2.05, 4.69) is 30.3 Å². The minimum Gasteiger partial charge on any atom is -0.491 e. The van der Waals surface area contributed by atoms with Gasteiger partial charge in [0, 0.05) is 17.7 Å². The van der Waals surface area contributed by atoms with Gasteiger partial charge in [-0.15, -0.1) is 0 Å². The fourth-order valence-electron chi connectivity index (χ4n) is 3.39. The van der Waals surface area contributed by atoms with Crippen molar-refractivity contribution < 1.29 is 9.84 Å². The van der Waals surface area contributed by atoms with Gasteiger partial charge in [-0.05, 0) is 50.2 Å². The summed E-state index contributed by atoms with van der Waals surface area (Å²) in [6.07, 6.45) is 13.5. The maximum absolute atomic E-state index is 8.77. The summed E-state index contributed by atoms with van der Waals surface area (Å²) in [6.45, 7) is 1.18. The van der Waals surface area contributed by atoms with Gasteiger partial charge in [-0.25, -0.2) is 4.98 Å². The van der Waals surface area contributed by atoms with Crippen LogP contribution in [-0.2, 0) is 6.42 Å². The second-order valence-corrected chi connectivity index (χ2v) is 7.69. The first-order chi connectivity index (χ1) is 12.9. The number of aromatic nitrogens is 1. The number of benzene rings is 1. The SMILES string of the molecule is OCCCCCCCCCCc1ccc2cccc(OCC3CC3)c2n1. The number of ether oxygens (including phenoxy) is 1. The van der Waals surface area contributed by atoms with Crippen molar-refractivity contribution in [3.05, 3.63) is 36.0 Å². The van der Waals surface area contributed by atoms with Crippen LogP contribution in [0.4, 0.5) is 0 Å². The first kappa shape index (κ1) is 19.2. The normalized spacial score (nSPS) is 14.0. The van der Waals surface area contributed by atoms with E-state index in [1.165, 1.54) is 68.9 Å². The van der Waals surface area contributed by atoms with Crippen molar-refractivity contribution in [1.29, 1.82) is 0 Å². The average molecular weight is 356 g/mol. The van der Waals surface area contributed by atoms with Crippen LogP contribution >= 0.6 is 0 Å². The van der Waals surface area contributed by atoms with Crippen LogP contribution in [0.15, 0.2) is 30.3 Å². The molecule has 142 valence electrons. The Morgan fingerprint density at radius 3 is 2.35 bits per heavy atom. The Bertz CT molecular complexity index is 666. The number of pyridine rings is 1. The van der Waals surface area contributed by atoms with Gasteiger partial charge in [-0.2, -0.15) is 0 Å². The highest BCUT2D eigenvalue weighted by Crippen LogP contribution is 2.31. The smallest absolute Gasteiger partial charge is 0.145 e. The van der Waals surface area contributed by atoms with Gasteiger partial charge < -0.3 is 9.84 Å². The van der Waals surface area contributed by atoms with Crippen molar-refractivity contribution in [3.8, 4) is 5.75 Å². The van der Waals surface area contributed by atoms with E-state index in [1.807, 2.05) is 0 Å². The molecule has 0 aliphatic heterocycles. The van der Waals surface area contributed by atoms with E-state index in [-0.39, 0.29) is 0 Å². The summed E-state index contributed by atoms with van der Waals surface area (Å²) in [5, 5.41) is 9.94. The van der Waals surface area contributed by atoms with E-state index in [0.29, 0.717) is 6.61 Å². The summed E-state index contributed by atoms with van der Waals surface area (Å²) in [4.78, 5) is 4.89. The molecule has 1 N–H and O–H groups in total. The van der Waals surface area contributed by atoms with Gasteiger partial charge in [-0.1, -0.05) is 56.7 Å². The van der Waals surface area contributed by atoms with Gasteiger partial charge in [-0.3, -0.25) is 0 Å². The predicted octanol–water partition coefficient (Wildman–Crippen LogP) is 5.68. The largest absolute Gasteiger partial charge is 0.491 e. The molecule has 1 fully saturated rings. The molecule has 0 radical (unpaired) electrons. The van der Waals surface area contributed by atoms with Gasteiger partial charge in [0.2, 0.25) is 0 Å². The Morgan fingerprint density at radius 1 is 0.885 bits per heavy atom. The molecule has 1 heterocycles. The molecule has 1 aliphatic rings. The lowest BCUT2D eigenvalue weighted by atomic mass is 10.1. The first-order valence-corrected chi connectivity index (χ1v) is 10.5. The van der Waals surface area contributed by atoms with Gasteiger partial charge in [0.05, 0.1) is 6.61 Å². The maximum Gasteiger partial charge on any atom is 0.145 e. The van der Waals surface area contributed by atoms with Gasteiger partial charge >= 0.3 is 0 Å². The number of unbranched alkanes of at least 4 members (excludes halogenated alkanes) is 7. The van der Waals surface area contributed by atoms with Crippen molar-refractivity contribution in [2.75, 3.05) is 13.2 Å². The number of rotatable bonds is 13. The molecular formula is C23H33NO2. The van der Waals surface area contributed by atoms with Crippen molar-refractivity contribution >= 4 is 10.9 Å². The lowest BCUT2D eigenvalue weighted by Gasteiger charge is -2.09. The second-order valence-electron chi connectivity index (χ2n) is 7.69. The van der Waals surface area contributed by atoms with Crippen LogP contribution < -0.4 is 4.74 Å². The van der Waals surface area contributed by atoms with E-state index in [0.717, 1.165) is 36.6 Å². The highest BCUT2D eigenvalue weighted by molar-refractivity contribution is 5.84. The third-order valence-electron chi connectivity index (χ3n) is 5.25. The molecule has 0 amide bonds. The molecule has 1 aromatic carbocycles. The van der Waals surface area contributed by atoms with Crippen molar-refractivity contribution in [2.24, 2.45) is 5.92 Å². The number of aryl methyl sites for hydroxylation is 1. The van der Waals surface area contributed by atoms with Crippen molar-refractivity contribution in [3.63, 3.8) is 0 Å². The van der Waals surface area contributed by atoms with Crippen LogP contribution in [0, 0.1) is 5.92 Å². The van der Waals surface area contributed by atoms with Crippen molar-refractivity contribution in [2.45, 2.75) is 70.6 Å². The van der Waals surface area contributed by atoms with Crippen LogP contribution in [-0.4, -0.2) is 23.3 Å². The molecule has 3 heteroatoms.